The topological polar surface area (TPSA) is 80.4 Å². The van der Waals surface area contributed by atoms with E-state index in [2.05, 4.69) is 0 Å². The Morgan fingerprint density at radius 1 is 1.57 bits per heavy atom. The number of aliphatic carboxylic acids is 1. The van der Waals surface area contributed by atoms with Crippen molar-refractivity contribution in [3.05, 3.63) is 0 Å². The molecule has 3 N–H and O–H groups in total. The van der Waals surface area contributed by atoms with Gasteiger partial charge in [0.25, 0.3) is 0 Å². The van der Waals surface area contributed by atoms with Crippen LogP contribution in [0.25, 0.3) is 0 Å². The fourth-order valence-corrected chi connectivity index (χ4v) is 0.313. The summed E-state index contributed by atoms with van der Waals surface area (Å²) in [7, 11) is 0. The number of carbonyl (C=O) groups is 2. The number of nitrogens with two attached hydrogens (primary N) is 1. The lowest BCUT2D eigenvalue weighted by Crippen LogP contribution is -2.21. The summed E-state index contributed by atoms with van der Waals surface area (Å²) in [6.45, 7) is 0. The Balaban J connectivity index is 0. The van der Waals surface area contributed by atoms with Crippen LogP contribution in [0.3, 0.4) is 0 Å². The number of hydrogen-bond donors (Lipinski definition) is 2. The van der Waals surface area contributed by atoms with Crippen molar-refractivity contribution in [2.75, 3.05) is 5.88 Å². The third-order valence-electron chi connectivity index (χ3n) is 0.840. The van der Waals surface area contributed by atoms with Crippen LogP contribution in [0.4, 0.5) is 13.2 Å². The van der Waals surface area contributed by atoms with Gasteiger partial charge < -0.3 is 15.6 Å². The number of aldehydes is 1. The van der Waals surface area contributed by atoms with Gasteiger partial charge in [0.15, 0.2) is 0 Å². The van der Waals surface area contributed by atoms with Crippen molar-refractivity contribution in [2.24, 2.45) is 5.73 Å². The van der Waals surface area contributed by atoms with E-state index in [9.17, 15) is 18.0 Å². The van der Waals surface area contributed by atoms with Gasteiger partial charge in [-0.25, -0.2) is 4.79 Å². The summed E-state index contributed by atoms with van der Waals surface area (Å²) in [6, 6.07) is -0.154. The van der Waals surface area contributed by atoms with Crippen molar-refractivity contribution in [1.29, 1.82) is 0 Å². The largest absolute Gasteiger partial charge is 0.490 e. The van der Waals surface area contributed by atoms with Crippen LogP contribution in [-0.4, -0.2) is 35.5 Å². The van der Waals surface area contributed by atoms with Crippen LogP contribution in [0.1, 0.15) is 6.42 Å². The van der Waals surface area contributed by atoms with Crippen LogP contribution < -0.4 is 5.73 Å². The van der Waals surface area contributed by atoms with Gasteiger partial charge in [0, 0.05) is 18.3 Å². The Kier molecular flexibility index (Phi) is 8.46. The van der Waals surface area contributed by atoms with Crippen LogP contribution in [0.2, 0.25) is 0 Å². The predicted molar refractivity (Wildman–Crippen MR) is 43.1 cm³/mol. The van der Waals surface area contributed by atoms with Crippen molar-refractivity contribution < 1.29 is 27.9 Å². The zero-order valence-corrected chi connectivity index (χ0v) is 7.68. The molecule has 0 aromatic heterocycles. The fourth-order valence-electron chi connectivity index (χ4n) is 0.187. The van der Waals surface area contributed by atoms with E-state index in [1.54, 1.807) is 0 Å². The Bertz CT molecular complexity index is 186. The highest BCUT2D eigenvalue weighted by molar-refractivity contribution is 6.18. The minimum absolute atomic E-state index is 0.154. The molecule has 0 saturated heterocycles. The number of halogens is 4. The molecule has 0 aromatic carbocycles. The Labute approximate surface area is 82.8 Å². The molecule has 0 aliphatic carbocycles. The average Bonchev–Trinajstić information content (AvgIpc) is 2.04. The number of alkyl halides is 4. The molecule has 0 fully saturated rings. The van der Waals surface area contributed by atoms with Gasteiger partial charge >= 0.3 is 12.1 Å². The first-order valence-electron chi connectivity index (χ1n) is 3.31. The van der Waals surface area contributed by atoms with E-state index in [1.807, 2.05) is 0 Å². The normalized spacial score (nSPS) is 12.4. The quantitative estimate of drug-likeness (QED) is 0.559. The highest BCUT2D eigenvalue weighted by atomic mass is 35.5. The maximum atomic E-state index is 10.6. The molecular weight excluding hydrogens is 227 g/mol. The molecule has 8 heteroatoms. The fraction of sp³-hybridized carbons (Fsp3) is 0.667. The molecule has 0 aliphatic heterocycles. The third kappa shape index (κ3) is 11.2. The van der Waals surface area contributed by atoms with E-state index in [0.29, 0.717) is 12.3 Å². The summed E-state index contributed by atoms with van der Waals surface area (Å²) in [5, 5.41) is 7.12. The van der Waals surface area contributed by atoms with Gasteiger partial charge in [-0.15, -0.1) is 11.6 Å². The first-order chi connectivity index (χ1) is 6.25. The van der Waals surface area contributed by atoms with E-state index in [0.717, 1.165) is 6.29 Å². The van der Waals surface area contributed by atoms with Gasteiger partial charge in [-0.2, -0.15) is 13.2 Å². The van der Waals surface area contributed by atoms with Gasteiger partial charge in [-0.05, 0) is 0 Å². The molecule has 0 aliphatic rings. The molecule has 0 rings (SSSR count). The van der Waals surface area contributed by atoms with Crippen LogP contribution in [0, 0.1) is 0 Å². The molecule has 0 spiro atoms. The van der Waals surface area contributed by atoms with E-state index in [4.69, 9.17) is 27.2 Å². The molecular formula is C6H9ClF3NO3. The first kappa shape index (κ1) is 15.6. The van der Waals surface area contributed by atoms with Crippen molar-refractivity contribution in [1.82, 2.24) is 0 Å². The SMILES string of the molecule is NC(CCl)CC=O.O=C(O)C(F)(F)F. The summed E-state index contributed by atoms with van der Waals surface area (Å²) in [5.41, 5.74) is 5.22. The minimum atomic E-state index is -5.08. The molecule has 0 aromatic rings. The van der Waals surface area contributed by atoms with Crippen LogP contribution in [0.5, 0.6) is 0 Å². The van der Waals surface area contributed by atoms with Crippen LogP contribution >= 0.6 is 11.6 Å². The number of hydrogen-bond acceptors (Lipinski definition) is 3. The number of rotatable bonds is 3. The van der Waals surface area contributed by atoms with E-state index in [1.165, 1.54) is 0 Å². The highest BCUT2D eigenvalue weighted by Crippen LogP contribution is 2.13. The van der Waals surface area contributed by atoms with Crippen molar-refractivity contribution in [3.8, 4) is 0 Å². The number of carboxylic acid groups (broad SMARTS) is 1. The molecule has 1 atom stereocenters. The van der Waals surface area contributed by atoms with Crippen LogP contribution in [-0.2, 0) is 9.59 Å². The summed E-state index contributed by atoms with van der Waals surface area (Å²) in [4.78, 5) is 18.5. The highest BCUT2D eigenvalue weighted by Gasteiger charge is 2.38. The summed E-state index contributed by atoms with van der Waals surface area (Å²) in [6.07, 6.45) is -3.95. The second-order valence-corrected chi connectivity index (χ2v) is 2.43. The van der Waals surface area contributed by atoms with Gasteiger partial charge in [0.1, 0.15) is 6.29 Å². The molecule has 14 heavy (non-hydrogen) atoms. The summed E-state index contributed by atoms with van der Waals surface area (Å²) in [5.74, 6) is -2.40. The lowest BCUT2D eigenvalue weighted by atomic mass is 10.3. The summed E-state index contributed by atoms with van der Waals surface area (Å²) < 4.78 is 31.7. The van der Waals surface area contributed by atoms with Gasteiger partial charge in [0.2, 0.25) is 0 Å². The molecule has 0 bridgehead atoms. The number of carboxylic acids is 1. The van der Waals surface area contributed by atoms with Gasteiger partial charge in [0.05, 0.1) is 0 Å². The molecule has 0 heterocycles. The zero-order valence-electron chi connectivity index (χ0n) is 6.92. The average molecular weight is 236 g/mol. The maximum absolute atomic E-state index is 10.6. The van der Waals surface area contributed by atoms with Gasteiger partial charge in [-0.1, -0.05) is 0 Å². The first-order valence-corrected chi connectivity index (χ1v) is 3.84. The molecule has 84 valence electrons. The Morgan fingerprint density at radius 3 is 2.00 bits per heavy atom. The van der Waals surface area contributed by atoms with Gasteiger partial charge in [-0.3, -0.25) is 0 Å². The smallest absolute Gasteiger partial charge is 0.475 e. The second-order valence-electron chi connectivity index (χ2n) is 2.12. The lowest BCUT2D eigenvalue weighted by molar-refractivity contribution is -0.192. The monoisotopic (exact) mass is 235 g/mol. The summed E-state index contributed by atoms with van der Waals surface area (Å²) >= 11 is 5.25. The van der Waals surface area contributed by atoms with E-state index in [-0.39, 0.29) is 6.04 Å². The van der Waals surface area contributed by atoms with Crippen LogP contribution in [0.15, 0.2) is 0 Å². The Hall–Kier alpha value is -0.820. The minimum Gasteiger partial charge on any atom is -0.475 e. The molecule has 0 amide bonds. The molecule has 0 radical (unpaired) electrons. The molecule has 1 unspecified atom stereocenters. The number of carbonyl (C=O) groups excluding carboxylic acids is 1. The van der Waals surface area contributed by atoms with E-state index >= 15 is 0 Å². The zero-order chi connectivity index (χ0) is 11.8. The Morgan fingerprint density at radius 2 is 1.93 bits per heavy atom. The molecule has 4 nitrogen and oxygen atoms in total. The lowest BCUT2D eigenvalue weighted by Gasteiger charge is -1.97. The van der Waals surface area contributed by atoms with E-state index < -0.39 is 12.1 Å². The molecule has 0 saturated carbocycles. The van der Waals surface area contributed by atoms with Crippen molar-refractivity contribution in [3.63, 3.8) is 0 Å². The predicted octanol–water partition coefficient (Wildman–Crippen LogP) is 0.775. The third-order valence-corrected chi connectivity index (χ3v) is 1.24. The standard InChI is InChI=1S/C4H8ClNO.C2HF3O2/c5-3-4(6)1-2-7;3-2(4,5)1(6)7/h2,4H,1,3,6H2;(H,6,7). The van der Waals surface area contributed by atoms with Crippen molar-refractivity contribution >= 4 is 23.9 Å². The second kappa shape index (κ2) is 7.57. The van der Waals surface area contributed by atoms with Crippen molar-refractivity contribution in [2.45, 2.75) is 18.6 Å². The maximum Gasteiger partial charge on any atom is 0.490 e.